The average molecular weight is 488 g/mol. The molecular weight excluding hydrogens is 464 g/mol. The minimum Gasteiger partial charge on any atom is -0.338 e. The van der Waals surface area contributed by atoms with Crippen molar-refractivity contribution < 1.29 is 17.6 Å². The monoisotopic (exact) mass is 488 g/mol. The molecule has 3 aromatic rings. The van der Waals surface area contributed by atoms with Crippen LogP contribution in [0.15, 0.2) is 41.3 Å². The van der Waals surface area contributed by atoms with E-state index in [9.17, 15) is 27.6 Å². The second kappa shape index (κ2) is 8.68. The first kappa shape index (κ1) is 23.4. The Morgan fingerprint density at radius 2 is 1.86 bits per heavy atom. The van der Waals surface area contributed by atoms with Crippen molar-refractivity contribution in [2.24, 2.45) is 0 Å². The van der Waals surface area contributed by atoms with Gasteiger partial charge in [0.15, 0.2) is 5.82 Å². The van der Waals surface area contributed by atoms with Gasteiger partial charge in [-0.3, -0.25) is 14.4 Å². The van der Waals surface area contributed by atoms with Crippen LogP contribution in [0.2, 0.25) is 0 Å². The van der Waals surface area contributed by atoms with Gasteiger partial charge in [-0.25, -0.2) is 4.39 Å². The van der Waals surface area contributed by atoms with Crippen LogP contribution in [0.25, 0.3) is 10.9 Å². The van der Waals surface area contributed by atoms with Crippen LogP contribution in [0, 0.1) is 11.3 Å². The molecule has 5 rings (SSSR count). The molecule has 11 heteroatoms. The molecule has 0 spiro atoms. The fourth-order valence-corrected chi connectivity index (χ4v) is 5.27. The van der Waals surface area contributed by atoms with E-state index in [0.717, 1.165) is 25.0 Å². The molecule has 2 fully saturated rings. The number of nitriles is 1. The normalized spacial score (nSPS) is 23.7. The predicted molar refractivity (Wildman–Crippen MR) is 122 cm³/mol. The number of pyridine rings is 1. The van der Waals surface area contributed by atoms with E-state index in [4.69, 9.17) is 0 Å². The Hall–Kier alpha value is -3.39. The van der Waals surface area contributed by atoms with Crippen LogP contribution in [0.1, 0.15) is 37.7 Å². The third-order valence-corrected chi connectivity index (χ3v) is 7.20. The molecule has 1 aromatic carbocycles. The van der Waals surface area contributed by atoms with Crippen molar-refractivity contribution >= 4 is 22.4 Å². The molecule has 3 heterocycles. The lowest BCUT2D eigenvalue weighted by Crippen LogP contribution is -2.55. The van der Waals surface area contributed by atoms with Gasteiger partial charge in [0.1, 0.15) is 11.6 Å². The molecule has 0 unspecified atom stereocenters. The minimum absolute atomic E-state index is 0.189. The fraction of sp³-hybridized carbons (Fsp3) is 0.458. The topological polar surface area (TPSA) is 89.7 Å². The summed E-state index contributed by atoms with van der Waals surface area (Å²) in [5.41, 5.74) is -0.910. The van der Waals surface area contributed by atoms with Crippen LogP contribution in [0.5, 0.6) is 0 Å². The molecule has 1 saturated heterocycles. The van der Waals surface area contributed by atoms with Gasteiger partial charge in [-0.15, -0.1) is 0 Å². The molecule has 0 amide bonds. The zero-order chi connectivity index (χ0) is 24.8. The van der Waals surface area contributed by atoms with Gasteiger partial charge in [0, 0.05) is 31.0 Å². The molecule has 2 N–H and O–H groups in total. The van der Waals surface area contributed by atoms with Crippen LogP contribution in [-0.4, -0.2) is 45.0 Å². The van der Waals surface area contributed by atoms with E-state index >= 15 is 0 Å². The van der Waals surface area contributed by atoms with Crippen LogP contribution in [0.4, 0.5) is 29.1 Å². The second-order valence-corrected chi connectivity index (χ2v) is 9.37. The number of fused-ring (bicyclic) bond motifs is 1. The van der Waals surface area contributed by atoms with Gasteiger partial charge in [-0.1, -0.05) is 0 Å². The number of hydrogen-bond acceptors (Lipinski definition) is 5. The van der Waals surface area contributed by atoms with Gasteiger partial charge in [-0.2, -0.15) is 23.5 Å². The van der Waals surface area contributed by atoms with Gasteiger partial charge in [0.05, 0.1) is 29.1 Å². The van der Waals surface area contributed by atoms with Gasteiger partial charge in [0.2, 0.25) is 0 Å². The van der Waals surface area contributed by atoms with E-state index in [0.29, 0.717) is 37.1 Å². The van der Waals surface area contributed by atoms with E-state index < -0.39 is 29.0 Å². The molecular formula is C24H24F4N6O. The number of halogens is 4. The van der Waals surface area contributed by atoms with Crippen LogP contribution in [-0.2, 0) is 11.7 Å². The SMILES string of the molecule is N#CCC1(n2nc(Nc3ccc(C(F)(F)F)cc3)c3c(=O)[nH]ccc32)CCC(N2CC(F)C2)CC1. The maximum atomic E-state index is 13.3. The first-order chi connectivity index (χ1) is 16.7. The third-order valence-electron chi connectivity index (χ3n) is 7.20. The number of aromatic amines is 1. The van der Waals surface area contributed by atoms with Crippen molar-refractivity contribution in [1.29, 1.82) is 5.26 Å². The molecule has 35 heavy (non-hydrogen) atoms. The molecule has 2 aromatic heterocycles. The highest BCUT2D eigenvalue weighted by Gasteiger charge is 2.43. The van der Waals surface area contributed by atoms with E-state index in [1.807, 2.05) is 0 Å². The summed E-state index contributed by atoms with van der Waals surface area (Å²) in [5.74, 6) is 0.212. The summed E-state index contributed by atoms with van der Waals surface area (Å²) in [6, 6.07) is 8.73. The van der Waals surface area contributed by atoms with Crippen molar-refractivity contribution in [3.05, 3.63) is 52.4 Å². The highest BCUT2D eigenvalue weighted by molar-refractivity contribution is 5.91. The molecule has 1 aliphatic carbocycles. The fourth-order valence-electron chi connectivity index (χ4n) is 5.27. The third kappa shape index (κ3) is 4.27. The van der Waals surface area contributed by atoms with Crippen molar-refractivity contribution in [2.45, 2.75) is 56.0 Å². The Kier molecular flexibility index (Phi) is 5.79. The van der Waals surface area contributed by atoms with Crippen molar-refractivity contribution in [3.63, 3.8) is 0 Å². The second-order valence-electron chi connectivity index (χ2n) is 9.37. The van der Waals surface area contributed by atoms with Crippen LogP contribution in [0.3, 0.4) is 0 Å². The van der Waals surface area contributed by atoms with E-state index in [-0.39, 0.29) is 23.7 Å². The summed E-state index contributed by atoms with van der Waals surface area (Å²) >= 11 is 0. The number of nitrogens with one attached hydrogen (secondary N) is 2. The summed E-state index contributed by atoms with van der Waals surface area (Å²) in [7, 11) is 0. The number of hydrogen-bond donors (Lipinski definition) is 2. The Morgan fingerprint density at radius 1 is 1.17 bits per heavy atom. The number of alkyl halides is 4. The number of anilines is 2. The number of likely N-dealkylation sites (tertiary alicyclic amines) is 1. The Balaban J connectivity index is 1.49. The number of H-pyrrole nitrogens is 1. The predicted octanol–water partition coefficient (Wildman–Crippen LogP) is 4.69. The van der Waals surface area contributed by atoms with Gasteiger partial charge in [-0.05, 0) is 56.0 Å². The Morgan fingerprint density at radius 3 is 2.46 bits per heavy atom. The highest BCUT2D eigenvalue weighted by atomic mass is 19.4. The summed E-state index contributed by atoms with van der Waals surface area (Å²) in [4.78, 5) is 17.5. The standard InChI is InChI=1S/C24H24F4N6O/c25-16-13-33(14-16)18-5-8-23(9-6-18,10-11-29)34-19-7-12-30-22(35)20(19)21(32-34)31-17-3-1-15(2-4-17)24(26,27)28/h1-4,7,12,16,18H,5-6,8-10,13-14H2,(H,30,35)(H,31,32). The molecule has 0 atom stereocenters. The molecule has 0 radical (unpaired) electrons. The van der Waals surface area contributed by atoms with Crippen LogP contribution < -0.4 is 10.9 Å². The minimum atomic E-state index is -4.45. The Bertz CT molecular complexity index is 1310. The quantitative estimate of drug-likeness (QED) is 0.509. The van der Waals surface area contributed by atoms with Crippen LogP contribution >= 0.6 is 0 Å². The molecule has 2 aliphatic rings. The lowest BCUT2D eigenvalue weighted by molar-refractivity contribution is -0.137. The largest absolute Gasteiger partial charge is 0.416 e. The van der Waals surface area contributed by atoms with Crippen molar-refractivity contribution in [2.75, 3.05) is 18.4 Å². The average Bonchev–Trinajstić information content (AvgIpc) is 3.18. The van der Waals surface area contributed by atoms with E-state index in [1.54, 1.807) is 10.7 Å². The zero-order valence-electron chi connectivity index (χ0n) is 18.8. The first-order valence-corrected chi connectivity index (χ1v) is 11.5. The van der Waals surface area contributed by atoms with E-state index in [1.165, 1.54) is 18.3 Å². The van der Waals surface area contributed by atoms with Gasteiger partial charge >= 0.3 is 6.18 Å². The molecule has 184 valence electrons. The lowest BCUT2D eigenvalue weighted by atomic mass is 9.76. The molecule has 1 saturated carbocycles. The molecule has 7 nitrogen and oxygen atoms in total. The summed E-state index contributed by atoms with van der Waals surface area (Å²) in [5, 5.41) is 17.6. The zero-order valence-corrected chi connectivity index (χ0v) is 18.8. The Labute approximate surface area is 198 Å². The lowest BCUT2D eigenvalue weighted by Gasteiger charge is -2.47. The maximum absolute atomic E-state index is 13.3. The highest BCUT2D eigenvalue weighted by Crippen LogP contribution is 2.42. The summed E-state index contributed by atoms with van der Waals surface area (Å²) in [6.45, 7) is 0.883. The van der Waals surface area contributed by atoms with Gasteiger partial charge in [0.25, 0.3) is 5.56 Å². The van der Waals surface area contributed by atoms with Crippen molar-refractivity contribution in [3.8, 4) is 6.07 Å². The van der Waals surface area contributed by atoms with E-state index in [2.05, 4.69) is 26.4 Å². The number of nitrogens with zero attached hydrogens (tertiary/aromatic N) is 4. The number of aromatic nitrogens is 3. The molecule has 0 bridgehead atoms. The molecule has 1 aliphatic heterocycles. The van der Waals surface area contributed by atoms with Crippen molar-refractivity contribution in [1.82, 2.24) is 19.7 Å². The summed E-state index contributed by atoms with van der Waals surface area (Å²) < 4.78 is 53.9. The number of rotatable bonds is 5. The first-order valence-electron chi connectivity index (χ1n) is 11.5. The summed E-state index contributed by atoms with van der Waals surface area (Å²) in [6.07, 6.45) is -0.688. The smallest absolute Gasteiger partial charge is 0.338 e. The maximum Gasteiger partial charge on any atom is 0.416 e. The number of benzene rings is 1. The van der Waals surface area contributed by atoms with Gasteiger partial charge < -0.3 is 10.3 Å².